The standard InChI is InChI=1S/C27H25N5O8S3/c1-19-12-15-23(16-13-19)41(35,36)30-24-17-14-20(28-26(33)31-42(37,38)21-8-4-2-5-9-21)18-25(24)29-27(34)32-43(39,40)22-10-6-3-7-11-22/h2-18,30H,1H3,(H2,28,31,33)(H2,29,32,34). The third-order valence-corrected chi connectivity index (χ3v) is 9.74. The Morgan fingerprint density at radius 1 is 0.512 bits per heavy atom. The van der Waals surface area contributed by atoms with Gasteiger partial charge in [0.05, 0.1) is 26.1 Å². The van der Waals surface area contributed by atoms with E-state index in [1.807, 2.05) is 9.44 Å². The Morgan fingerprint density at radius 3 is 1.49 bits per heavy atom. The quantitative estimate of drug-likeness (QED) is 0.181. The van der Waals surface area contributed by atoms with Gasteiger partial charge in [0.2, 0.25) is 0 Å². The lowest BCUT2D eigenvalue weighted by molar-refractivity contribution is 0.255. The summed E-state index contributed by atoms with van der Waals surface area (Å²) in [7, 11) is -12.7. The molecule has 5 N–H and O–H groups in total. The molecule has 0 fully saturated rings. The lowest BCUT2D eigenvalue weighted by Gasteiger charge is -2.16. The number of benzene rings is 4. The van der Waals surface area contributed by atoms with E-state index in [0.717, 1.165) is 11.6 Å². The van der Waals surface area contributed by atoms with Crippen LogP contribution in [0.3, 0.4) is 0 Å². The minimum Gasteiger partial charge on any atom is -0.307 e. The van der Waals surface area contributed by atoms with Crippen LogP contribution in [0.4, 0.5) is 26.7 Å². The Bertz CT molecular complexity index is 1970. The molecule has 0 radical (unpaired) electrons. The number of anilines is 3. The second kappa shape index (κ2) is 12.5. The summed E-state index contributed by atoms with van der Waals surface area (Å²) in [6.45, 7) is 1.78. The molecule has 4 aromatic carbocycles. The van der Waals surface area contributed by atoms with Crippen LogP contribution in [-0.2, 0) is 30.1 Å². The molecule has 13 nitrogen and oxygen atoms in total. The molecule has 43 heavy (non-hydrogen) atoms. The molecule has 0 bridgehead atoms. The molecule has 224 valence electrons. The molecule has 0 aliphatic heterocycles. The fourth-order valence-corrected chi connectivity index (χ4v) is 6.54. The van der Waals surface area contributed by atoms with Crippen LogP contribution < -0.4 is 24.8 Å². The van der Waals surface area contributed by atoms with E-state index < -0.39 is 42.1 Å². The van der Waals surface area contributed by atoms with E-state index >= 15 is 0 Å². The van der Waals surface area contributed by atoms with E-state index in [1.165, 1.54) is 72.8 Å². The monoisotopic (exact) mass is 643 g/mol. The van der Waals surface area contributed by atoms with Crippen molar-refractivity contribution in [2.75, 3.05) is 15.4 Å². The van der Waals surface area contributed by atoms with Crippen molar-refractivity contribution < 1.29 is 34.8 Å². The Morgan fingerprint density at radius 2 is 0.977 bits per heavy atom. The number of hydrogen-bond acceptors (Lipinski definition) is 8. The van der Waals surface area contributed by atoms with Crippen LogP contribution >= 0.6 is 0 Å². The summed E-state index contributed by atoms with van der Waals surface area (Å²) in [4.78, 5) is 24.8. The lowest BCUT2D eigenvalue weighted by atomic mass is 10.2. The topological polar surface area (TPSA) is 197 Å². The van der Waals surface area contributed by atoms with Crippen LogP contribution in [0.25, 0.3) is 0 Å². The van der Waals surface area contributed by atoms with Crippen LogP contribution in [0.2, 0.25) is 0 Å². The maximum absolute atomic E-state index is 13.0. The van der Waals surface area contributed by atoms with E-state index in [2.05, 4.69) is 15.4 Å². The molecule has 0 spiro atoms. The summed E-state index contributed by atoms with van der Waals surface area (Å²) in [5.74, 6) is 0. The predicted octanol–water partition coefficient (Wildman–Crippen LogP) is 3.82. The molecule has 16 heteroatoms. The summed E-state index contributed by atoms with van der Waals surface area (Å²) in [6.07, 6.45) is 0. The number of urea groups is 2. The van der Waals surface area contributed by atoms with Crippen molar-refractivity contribution in [2.24, 2.45) is 0 Å². The van der Waals surface area contributed by atoms with Crippen LogP contribution in [0.1, 0.15) is 5.56 Å². The summed E-state index contributed by atoms with van der Waals surface area (Å²) >= 11 is 0. The third-order valence-electron chi connectivity index (χ3n) is 5.66. The van der Waals surface area contributed by atoms with Gasteiger partial charge < -0.3 is 10.6 Å². The highest BCUT2D eigenvalue weighted by atomic mass is 32.2. The van der Waals surface area contributed by atoms with Gasteiger partial charge in [-0.3, -0.25) is 4.72 Å². The first kappa shape index (κ1) is 31.0. The molecule has 4 rings (SSSR count). The molecule has 4 aromatic rings. The maximum atomic E-state index is 13.0. The van der Waals surface area contributed by atoms with Crippen LogP contribution in [0, 0.1) is 6.92 Å². The number of hydrogen-bond donors (Lipinski definition) is 5. The van der Waals surface area contributed by atoms with Gasteiger partial charge in [0.25, 0.3) is 30.1 Å². The van der Waals surface area contributed by atoms with Crippen molar-refractivity contribution >= 4 is 59.2 Å². The van der Waals surface area contributed by atoms with E-state index in [-0.39, 0.29) is 31.7 Å². The molecule has 0 saturated heterocycles. The van der Waals surface area contributed by atoms with Crippen molar-refractivity contribution in [3.8, 4) is 0 Å². The zero-order chi connectivity index (χ0) is 31.3. The fraction of sp³-hybridized carbons (Fsp3) is 0.0370. The van der Waals surface area contributed by atoms with E-state index in [0.29, 0.717) is 0 Å². The van der Waals surface area contributed by atoms with Crippen LogP contribution in [-0.4, -0.2) is 37.3 Å². The Kier molecular flexibility index (Phi) is 9.03. The van der Waals surface area contributed by atoms with Gasteiger partial charge >= 0.3 is 12.1 Å². The predicted molar refractivity (Wildman–Crippen MR) is 160 cm³/mol. The van der Waals surface area contributed by atoms with Gasteiger partial charge in [0.1, 0.15) is 0 Å². The zero-order valence-corrected chi connectivity index (χ0v) is 24.8. The summed E-state index contributed by atoms with van der Waals surface area (Å²) in [6, 6.07) is 21.2. The Labute approximate surface area is 248 Å². The van der Waals surface area contributed by atoms with Crippen molar-refractivity contribution in [3.05, 3.63) is 109 Å². The molecule has 0 atom stereocenters. The normalized spacial score (nSPS) is 11.7. The van der Waals surface area contributed by atoms with Gasteiger partial charge in [-0.05, 0) is 61.5 Å². The molecule has 0 unspecified atom stereocenters. The number of nitrogens with one attached hydrogen (secondary N) is 5. The molecule has 0 aromatic heterocycles. The summed E-state index contributed by atoms with van der Waals surface area (Å²) < 4.78 is 82.3. The second-order valence-electron chi connectivity index (χ2n) is 8.92. The number of carbonyl (C=O) groups is 2. The number of sulfonamides is 3. The van der Waals surface area contributed by atoms with Crippen molar-refractivity contribution in [1.29, 1.82) is 0 Å². The number of amides is 4. The zero-order valence-electron chi connectivity index (χ0n) is 22.3. The lowest BCUT2D eigenvalue weighted by Crippen LogP contribution is -2.35. The minimum atomic E-state index is -4.30. The second-order valence-corrected chi connectivity index (χ2v) is 14.0. The van der Waals surface area contributed by atoms with Gasteiger partial charge in [-0.25, -0.2) is 44.3 Å². The SMILES string of the molecule is Cc1ccc(S(=O)(=O)Nc2ccc(NC(=O)NS(=O)(=O)c3ccccc3)cc2NC(=O)NS(=O)(=O)c2ccccc2)cc1. The number of aryl methyl sites for hydroxylation is 1. The van der Waals surface area contributed by atoms with Gasteiger partial charge in [-0.15, -0.1) is 0 Å². The Balaban J connectivity index is 1.61. The molecule has 0 aliphatic carbocycles. The molecule has 4 amide bonds. The molecular weight excluding hydrogens is 619 g/mol. The molecule has 0 heterocycles. The minimum absolute atomic E-state index is 0.0692. The summed E-state index contributed by atoms with van der Waals surface area (Å²) in [5, 5.41) is 4.55. The van der Waals surface area contributed by atoms with Crippen molar-refractivity contribution in [1.82, 2.24) is 9.44 Å². The fourth-order valence-electron chi connectivity index (χ4n) is 3.60. The largest absolute Gasteiger partial charge is 0.333 e. The average molecular weight is 644 g/mol. The smallest absolute Gasteiger partial charge is 0.307 e. The van der Waals surface area contributed by atoms with Crippen molar-refractivity contribution in [3.63, 3.8) is 0 Å². The third kappa shape index (κ3) is 8.09. The van der Waals surface area contributed by atoms with Gasteiger partial charge in [-0.1, -0.05) is 54.1 Å². The van der Waals surface area contributed by atoms with Crippen LogP contribution in [0.5, 0.6) is 0 Å². The maximum Gasteiger partial charge on any atom is 0.333 e. The summed E-state index contributed by atoms with van der Waals surface area (Å²) in [5.41, 5.74) is 0.303. The highest BCUT2D eigenvalue weighted by molar-refractivity contribution is 7.92. The van der Waals surface area contributed by atoms with E-state index in [4.69, 9.17) is 0 Å². The first-order valence-corrected chi connectivity index (χ1v) is 16.7. The highest BCUT2D eigenvalue weighted by Gasteiger charge is 2.22. The molecular formula is C27H25N5O8S3. The number of rotatable bonds is 9. The van der Waals surface area contributed by atoms with E-state index in [1.54, 1.807) is 31.2 Å². The Hall–Kier alpha value is -4.93. The van der Waals surface area contributed by atoms with Gasteiger partial charge in [0, 0.05) is 5.69 Å². The molecule has 0 saturated carbocycles. The van der Waals surface area contributed by atoms with Gasteiger partial charge in [0.15, 0.2) is 0 Å². The van der Waals surface area contributed by atoms with Crippen molar-refractivity contribution in [2.45, 2.75) is 21.6 Å². The first-order chi connectivity index (χ1) is 20.2. The van der Waals surface area contributed by atoms with E-state index in [9.17, 15) is 34.8 Å². The molecule has 0 aliphatic rings. The highest BCUT2D eigenvalue weighted by Crippen LogP contribution is 2.29. The average Bonchev–Trinajstić information content (AvgIpc) is 2.95. The van der Waals surface area contributed by atoms with Gasteiger partial charge in [-0.2, -0.15) is 0 Å². The number of carbonyl (C=O) groups excluding carboxylic acids is 2. The first-order valence-electron chi connectivity index (χ1n) is 12.3. The van der Waals surface area contributed by atoms with Crippen LogP contribution in [0.15, 0.2) is 118 Å².